The predicted molar refractivity (Wildman–Crippen MR) is 112 cm³/mol. The molecule has 0 spiro atoms. The van der Waals surface area contributed by atoms with Crippen molar-refractivity contribution in [3.63, 3.8) is 0 Å². The number of hydrogen-bond donors (Lipinski definition) is 1. The normalized spacial score (nSPS) is 13.3. The zero-order chi connectivity index (χ0) is 19.9. The van der Waals surface area contributed by atoms with Crippen LogP contribution in [0.3, 0.4) is 0 Å². The molecule has 4 nitrogen and oxygen atoms in total. The van der Waals surface area contributed by atoms with Gasteiger partial charge in [-0.25, -0.2) is 0 Å². The standard InChI is InChI=1S/C23H36N2O2/c1-6-22(26)18-24(14-15-27-5)17-21-8-7-13-25(21)16-19-9-11-20(12-10-19)23(2,3)4/h7-13,22,26H,6,14-18H2,1-5H3/t22-/m0/s1. The maximum Gasteiger partial charge on any atom is 0.0664 e. The summed E-state index contributed by atoms with van der Waals surface area (Å²) in [6.07, 6.45) is 2.61. The van der Waals surface area contributed by atoms with E-state index in [4.69, 9.17) is 4.74 Å². The van der Waals surface area contributed by atoms with E-state index in [-0.39, 0.29) is 11.5 Å². The van der Waals surface area contributed by atoms with Crippen LogP contribution in [0.4, 0.5) is 0 Å². The van der Waals surface area contributed by atoms with Gasteiger partial charge in [-0.1, -0.05) is 52.0 Å². The van der Waals surface area contributed by atoms with Gasteiger partial charge in [-0.15, -0.1) is 0 Å². The van der Waals surface area contributed by atoms with Crippen LogP contribution in [0.1, 0.15) is 50.9 Å². The molecule has 1 heterocycles. The molecule has 0 saturated carbocycles. The Bertz CT molecular complexity index is 670. The maximum absolute atomic E-state index is 10.1. The van der Waals surface area contributed by atoms with Crippen LogP contribution in [0.15, 0.2) is 42.6 Å². The SMILES string of the molecule is CC[C@H](O)CN(CCOC)Cc1cccn1Cc1ccc(C(C)(C)C)cc1. The molecule has 1 atom stereocenters. The number of methoxy groups -OCH3 is 1. The highest BCUT2D eigenvalue weighted by Crippen LogP contribution is 2.22. The van der Waals surface area contributed by atoms with Gasteiger partial charge in [0.2, 0.25) is 0 Å². The molecule has 1 aromatic heterocycles. The first-order valence-corrected chi connectivity index (χ1v) is 9.96. The number of nitrogens with zero attached hydrogens (tertiary/aromatic N) is 2. The summed E-state index contributed by atoms with van der Waals surface area (Å²) in [5.41, 5.74) is 4.10. The first kappa shape index (κ1) is 21.7. The van der Waals surface area contributed by atoms with Gasteiger partial charge < -0.3 is 14.4 Å². The third-order valence-corrected chi connectivity index (χ3v) is 5.03. The summed E-state index contributed by atoms with van der Waals surface area (Å²) in [7, 11) is 1.72. The van der Waals surface area contributed by atoms with Gasteiger partial charge in [0, 0.05) is 45.2 Å². The topological polar surface area (TPSA) is 37.6 Å². The summed E-state index contributed by atoms with van der Waals surface area (Å²) in [4.78, 5) is 2.27. The zero-order valence-electron chi connectivity index (χ0n) is 17.6. The van der Waals surface area contributed by atoms with Crippen LogP contribution in [0.5, 0.6) is 0 Å². The summed E-state index contributed by atoms with van der Waals surface area (Å²) >= 11 is 0. The van der Waals surface area contributed by atoms with Crippen molar-refractivity contribution in [2.75, 3.05) is 26.8 Å². The Hall–Kier alpha value is -1.62. The monoisotopic (exact) mass is 372 g/mol. The van der Waals surface area contributed by atoms with Crippen LogP contribution in [0.2, 0.25) is 0 Å². The molecule has 2 aromatic rings. The molecule has 1 N–H and O–H groups in total. The fourth-order valence-corrected chi connectivity index (χ4v) is 3.17. The van der Waals surface area contributed by atoms with Gasteiger partial charge in [0.05, 0.1) is 12.7 Å². The molecular weight excluding hydrogens is 336 g/mol. The van der Waals surface area contributed by atoms with E-state index in [2.05, 4.69) is 72.8 Å². The van der Waals surface area contributed by atoms with E-state index in [1.54, 1.807) is 7.11 Å². The van der Waals surface area contributed by atoms with Crippen molar-refractivity contribution in [1.29, 1.82) is 0 Å². The lowest BCUT2D eigenvalue weighted by Crippen LogP contribution is -2.34. The molecule has 0 aliphatic carbocycles. The zero-order valence-corrected chi connectivity index (χ0v) is 17.6. The first-order valence-electron chi connectivity index (χ1n) is 9.96. The molecule has 4 heteroatoms. The molecule has 0 aliphatic heterocycles. The predicted octanol–water partition coefficient (Wildman–Crippen LogP) is 4.05. The molecule has 0 radical (unpaired) electrons. The van der Waals surface area contributed by atoms with Crippen molar-refractivity contribution in [3.8, 4) is 0 Å². The molecule has 0 saturated heterocycles. The number of hydrogen-bond acceptors (Lipinski definition) is 3. The van der Waals surface area contributed by atoms with Gasteiger partial charge in [0.1, 0.15) is 0 Å². The number of aromatic nitrogens is 1. The van der Waals surface area contributed by atoms with Gasteiger partial charge in [0.25, 0.3) is 0 Å². The van der Waals surface area contributed by atoms with Crippen molar-refractivity contribution in [2.24, 2.45) is 0 Å². The molecule has 0 bridgehead atoms. The summed E-state index contributed by atoms with van der Waals surface area (Å²) in [6, 6.07) is 13.2. The smallest absolute Gasteiger partial charge is 0.0664 e. The highest BCUT2D eigenvalue weighted by Gasteiger charge is 2.14. The largest absolute Gasteiger partial charge is 0.392 e. The van der Waals surface area contributed by atoms with Crippen molar-refractivity contribution in [1.82, 2.24) is 9.47 Å². The lowest BCUT2D eigenvalue weighted by molar-refractivity contribution is 0.0818. The van der Waals surface area contributed by atoms with Crippen LogP contribution < -0.4 is 0 Å². The van der Waals surface area contributed by atoms with E-state index in [9.17, 15) is 5.11 Å². The number of aliphatic hydroxyl groups excluding tert-OH is 1. The molecule has 0 fully saturated rings. The van der Waals surface area contributed by atoms with Gasteiger partial charge >= 0.3 is 0 Å². The van der Waals surface area contributed by atoms with E-state index >= 15 is 0 Å². The van der Waals surface area contributed by atoms with Crippen LogP contribution in [-0.4, -0.2) is 47.5 Å². The summed E-state index contributed by atoms with van der Waals surface area (Å²) < 4.78 is 7.54. The van der Waals surface area contributed by atoms with Crippen molar-refractivity contribution < 1.29 is 9.84 Å². The molecular formula is C23H36N2O2. The molecule has 0 unspecified atom stereocenters. The molecule has 0 aliphatic rings. The van der Waals surface area contributed by atoms with Gasteiger partial charge in [-0.05, 0) is 35.1 Å². The molecule has 0 amide bonds. The van der Waals surface area contributed by atoms with E-state index in [1.165, 1.54) is 16.8 Å². The lowest BCUT2D eigenvalue weighted by Gasteiger charge is -2.25. The highest BCUT2D eigenvalue weighted by molar-refractivity contribution is 5.28. The third-order valence-electron chi connectivity index (χ3n) is 5.03. The molecule has 27 heavy (non-hydrogen) atoms. The number of benzene rings is 1. The Labute approximate surface area is 164 Å². The summed E-state index contributed by atoms with van der Waals surface area (Å²) in [5.74, 6) is 0. The second kappa shape index (κ2) is 10.1. The Kier molecular flexibility index (Phi) is 8.08. The first-order chi connectivity index (χ1) is 12.8. The van der Waals surface area contributed by atoms with E-state index in [0.29, 0.717) is 13.2 Å². The Morgan fingerprint density at radius 3 is 2.44 bits per heavy atom. The average Bonchev–Trinajstić information content (AvgIpc) is 3.05. The van der Waals surface area contributed by atoms with Crippen molar-refractivity contribution >= 4 is 0 Å². The van der Waals surface area contributed by atoms with Crippen molar-refractivity contribution in [2.45, 2.75) is 58.7 Å². The maximum atomic E-state index is 10.1. The Morgan fingerprint density at radius 2 is 1.85 bits per heavy atom. The fraction of sp³-hybridized carbons (Fsp3) is 0.565. The van der Waals surface area contributed by atoms with E-state index < -0.39 is 0 Å². The minimum absolute atomic E-state index is 0.180. The minimum atomic E-state index is -0.296. The van der Waals surface area contributed by atoms with Crippen LogP contribution in [0, 0.1) is 0 Å². The summed E-state index contributed by atoms with van der Waals surface area (Å²) in [5, 5.41) is 10.1. The average molecular weight is 373 g/mol. The third kappa shape index (κ3) is 6.80. The Morgan fingerprint density at radius 1 is 1.15 bits per heavy atom. The van der Waals surface area contributed by atoms with Gasteiger partial charge in [-0.2, -0.15) is 0 Å². The lowest BCUT2D eigenvalue weighted by atomic mass is 9.87. The number of aliphatic hydroxyl groups is 1. The van der Waals surface area contributed by atoms with Crippen LogP contribution >= 0.6 is 0 Å². The number of ether oxygens (including phenoxy) is 1. The fourth-order valence-electron chi connectivity index (χ4n) is 3.17. The molecule has 150 valence electrons. The van der Waals surface area contributed by atoms with Crippen LogP contribution in [0.25, 0.3) is 0 Å². The van der Waals surface area contributed by atoms with E-state index in [0.717, 1.165) is 26.1 Å². The molecule has 1 aromatic carbocycles. The van der Waals surface area contributed by atoms with Crippen molar-refractivity contribution in [3.05, 3.63) is 59.4 Å². The minimum Gasteiger partial charge on any atom is -0.392 e. The second-order valence-corrected chi connectivity index (χ2v) is 8.36. The van der Waals surface area contributed by atoms with Gasteiger partial charge in [0.15, 0.2) is 0 Å². The number of rotatable bonds is 10. The molecule has 2 rings (SSSR count). The second-order valence-electron chi connectivity index (χ2n) is 8.36. The van der Waals surface area contributed by atoms with Gasteiger partial charge in [-0.3, -0.25) is 4.90 Å². The summed E-state index contributed by atoms with van der Waals surface area (Å²) in [6.45, 7) is 12.6. The Balaban J connectivity index is 2.07. The van der Waals surface area contributed by atoms with E-state index in [1.807, 2.05) is 6.92 Å². The quantitative estimate of drug-likeness (QED) is 0.684. The van der Waals surface area contributed by atoms with Crippen LogP contribution in [-0.2, 0) is 23.2 Å². The highest BCUT2D eigenvalue weighted by atomic mass is 16.5.